The van der Waals surface area contributed by atoms with E-state index in [4.69, 9.17) is 5.11 Å². The lowest BCUT2D eigenvalue weighted by atomic mass is 10.2. The first-order chi connectivity index (χ1) is 8.78. The summed E-state index contributed by atoms with van der Waals surface area (Å²) < 4.78 is 22.0. The average molecular weight is 292 g/mol. The van der Waals surface area contributed by atoms with E-state index in [0.29, 0.717) is 5.92 Å². The molecule has 1 unspecified atom stereocenters. The van der Waals surface area contributed by atoms with Gasteiger partial charge in [0.15, 0.2) is 0 Å². The largest absolute Gasteiger partial charge is 0.480 e. The Kier molecular flexibility index (Phi) is 5.74. The van der Waals surface area contributed by atoms with Crippen LogP contribution in [-0.4, -0.2) is 56.5 Å². The fourth-order valence-electron chi connectivity index (χ4n) is 1.55. The molecule has 0 heterocycles. The highest BCUT2D eigenvalue weighted by Gasteiger charge is 2.23. The number of carbonyl (C=O) groups is 2. The lowest BCUT2D eigenvalue weighted by Crippen LogP contribution is -2.45. The molecule has 0 aromatic heterocycles. The first-order valence-electron chi connectivity index (χ1n) is 6.18. The third-order valence-electron chi connectivity index (χ3n) is 2.83. The van der Waals surface area contributed by atoms with Crippen LogP contribution in [0.4, 0.5) is 0 Å². The molecule has 0 spiro atoms. The third kappa shape index (κ3) is 7.78. The summed E-state index contributed by atoms with van der Waals surface area (Å²) in [7, 11) is -3.24. The SMILES string of the molecule is CS(=O)(=O)CCC(NC(=O)CNCC1CC1)C(=O)O. The normalized spacial score (nSPS) is 16.9. The monoisotopic (exact) mass is 292 g/mol. The van der Waals surface area contributed by atoms with Gasteiger partial charge in [0.2, 0.25) is 5.91 Å². The predicted octanol–water partition coefficient (Wildman–Crippen LogP) is -1.01. The zero-order valence-corrected chi connectivity index (χ0v) is 11.7. The molecule has 19 heavy (non-hydrogen) atoms. The van der Waals surface area contributed by atoms with Gasteiger partial charge in [0.1, 0.15) is 15.9 Å². The summed E-state index contributed by atoms with van der Waals surface area (Å²) in [4.78, 5) is 22.4. The minimum Gasteiger partial charge on any atom is -0.480 e. The summed E-state index contributed by atoms with van der Waals surface area (Å²) in [6.45, 7) is 0.813. The minimum absolute atomic E-state index is 0.0547. The maximum Gasteiger partial charge on any atom is 0.326 e. The Morgan fingerprint density at radius 3 is 2.47 bits per heavy atom. The van der Waals surface area contributed by atoms with E-state index < -0.39 is 27.8 Å². The van der Waals surface area contributed by atoms with Crippen LogP contribution in [0.15, 0.2) is 0 Å². The fourth-order valence-corrected chi connectivity index (χ4v) is 2.21. The second-order valence-electron chi connectivity index (χ2n) is 4.95. The molecule has 110 valence electrons. The zero-order chi connectivity index (χ0) is 14.5. The van der Waals surface area contributed by atoms with Crippen LogP contribution in [0, 0.1) is 5.92 Å². The quantitative estimate of drug-likeness (QED) is 0.502. The van der Waals surface area contributed by atoms with Crippen molar-refractivity contribution in [3.63, 3.8) is 0 Å². The molecule has 7 nitrogen and oxygen atoms in total. The summed E-state index contributed by atoms with van der Waals surface area (Å²) in [5.74, 6) is -1.28. The number of carbonyl (C=O) groups excluding carboxylic acids is 1. The van der Waals surface area contributed by atoms with Gasteiger partial charge in [-0.25, -0.2) is 13.2 Å². The number of carboxylic acid groups (broad SMARTS) is 1. The predicted molar refractivity (Wildman–Crippen MR) is 69.5 cm³/mol. The van der Waals surface area contributed by atoms with Crippen molar-refractivity contribution in [2.75, 3.05) is 25.1 Å². The summed E-state index contributed by atoms with van der Waals surface area (Å²) in [6, 6.07) is -1.16. The number of aliphatic carboxylic acids is 1. The molecule has 3 N–H and O–H groups in total. The number of amides is 1. The second kappa shape index (κ2) is 6.85. The van der Waals surface area contributed by atoms with Gasteiger partial charge in [-0.05, 0) is 31.7 Å². The molecule has 1 aliphatic rings. The topological polar surface area (TPSA) is 113 Å². The Bertz CT molecular complexity index is 430. The van der Waals surface area contributed by atoms with Crippen molar-refractivity contribution in [1.29, 1.82) is 0 Å². The van der Waals surface area contributed by atoms with Crippen LogP contribution in [0.5, 0.6) is 0 Å². The molecule has 1 amide bonds. The van der Waals surface area contributed by atoms with Gasteiger partial charge in [-0.3, -0.25) is 4.79 Å². The number of carboxylic acids is 1. The molecule has 0 aromatic carbocycles. The van der Waals surface area contributed by atoms with Gasteiger partial charge in [-0.2, -0.15) is 0 Å². The first-order valence-corrected chi connectivity index (χ1v) is 8.24. The van der Waals surface area contributed by atoms with Gasteiger partial charge >= 0.3 is 5.97 Å². The summed E-state index contributed by atoms with van der Waals surface area (Å²) in [6.07, 6.45) is 3.24. The summed E-state index contributed by atoms with van der Waals surface area (Å²) in [5.41, 5.74) is 0. The molecular weight excluding hydrogens is 272 g/mol. The lowest BCUT2D eigenvalue weighted by Gasteiger charge is -2.14. The number of sulfone groups is 1. The van der Waals surface area contributed by atoms with E-state index in [0.717, 1.165) is 12.8 Å². The standard InChI is InChI=1S/C11H20N2O5S/c1-19(17,18)5-4-9(11(15)16)13-10(14)7-12-6-8-2-3-8/h8-9,12H,2-7H2,1H3,(H,13,14)(H,15,16). The van der Waals surface area contributed by atoms with Crippen LogP contribution in [0.2, 0.25) is 0 Å². The number of rotatable bonds is 9. The highest BCUT2D eigenvalue weighted by molar-refractivity contribution is 7.90. The fraction of sp³-hybridized carbons (Fsp3) is 0.818. The number of nitrogens with one attached hydrogen (secondary N) is 2. The van der Waals surface area contributed by atoms with Gasteiger partial charge in [-0.1, -0.05) is 0 Å². The minimum atomic E-state index is -3.24. The Morgan fingerprint density at radius 1 is 1.37 bits per heavy atom. The van der Waals surface area contributed by atoms with E-state index in [1.165, 1.54) is 12.8 Å². The Balaban J connectivity index is 2.30. The summed E-state index contributed by atoms with van der Waals surface area (Å²) >= 11 is 0. The Labute approximate surface area is 112 Å². The van der Waals surface area contributed by atoms with E-state index in [1.807, 2.05) is 0 Å². The molecule has 1 saturated carbocycles. The molecule has 8 heteroatoms. The average Bonchev–Trinajstić information content (AvgIpc) is 3.06. The van der Waals surface area contributed by atoms with Gasteiger partial charge in [0, 0.05) is 6.26 Å². The first kappa shape index (κ1) is 15.9. The zero-order valence-electron chi connectivity index (χ0n) is 10.9. The van der Waals surface area contributed by atoms with Crippen molar-refractivity contribution in [3.05, 3.63) is 0 Å². The number of hydrogen-bond acceptors (Lipinski definition) is 5. The highest BCUT2D eigenvalue weighted by atomic mass is 32.2. The van der Waals surface area contributed by atoms with Crippen molar-refractivity contribution < 1.29 is 23.1 Å². The molecule has 0 bridgehead atoms. The van der Waals surface area contributed by atoms with E-state index in [2.05, 4.69) is 10.6 Å². The summed E-state index contributed by atoms with van der Waals surface area (Å²) in [5, 5.41) is 14.2. The van der Waals surface area contributed by atoms with Gasteiger partial charge in [-0.15, -0.1) is 0 Å². The van der Waals surface area contributed by atoms with Crippen molar-refractivity contribution in [3.8, 4) is 0 Å². The highest BCUT2D eigenvalue weighted by Crippen LogP contribution is 2.27. The third-order valence-corrected chi connectivity index (χ3v) is 3.80. The lowest BCUT2D eigenvalue weighted by molar-refractivity contribution is -0.141. The van der Waals surface area contributed by atoms with Crippen molar-refractivity contribution in [2.24, 2.45) is 5.92 Å². The van der Waals surface area contributed by atoms with Crippen molar-refractivity contribution in [1.82, 2.24) is 10.6 Å². The molecule has 1 aliphatic carbocycles. The molecule has 1 rings (SSSR count). The molecule has 1 fully saturated rings. The van der Waals surface area contributed by atoms with E-state index in [1.54, 1.807) is 0 Å². The van der Waals surface area contributed by atoms with Crippen LogP contribution in [0.3, 0.4) is 0 Å². The maximum atomic E-state index is 11.5. The molecular formula is C11H20N2O5S. The van der Waals surface area contributed by atoms with Gasteiger partial charge in [0.25, 0.3) is 0 Å². The Hall–Kier alpha value is -1.15. The van der Waals surface area contributed by atoms with Crippen LogP contribution < -0.4 is 10.6 Å². The van der Waals surface area contributed by atoms with Crippen molar-refractivity contribution in [2.45, 2.75) is 25.3 Å². The molecule has 1 atom stereocenters. The molecule has 0 aromatic rings. The Morgan fingerprint density at radius 2 is 2.00 bits per heavy atom. The van der Waals surface area contributed by atoms with E-state index in [-0.39, 0.29) is 18.7 Å². The molecule has 0 aliphatic heterocycles. The van der Waals surface area contributed by atoms with E-state index >= 15 is 0 Å². The van der Waals surface area contributed by atoms with Crippen LogP contribution in [0.1, 0.15) is 19.3 Å². The number of hydrogen-bond donors (Lipinski definition) is 3. The van der Waals surface area contributed by atoms with Crippen LogP contribution in [0.25, 0.3) is 0 Å². The maximum absolute atomic E-state index is 11.5. The molecule has 0 saturated heterocycles. The smallest absolute Gasteiger partial charge is 0.326 e. The van der Waals surface area contributed by atoms with Crippen molar-refractivity contribution >= 4 is 21.7 Å². The van der Waals surface area contributed by atoms with Gasteiger partial charge < -0.3 is 15.7 Å². The molecule has 0 radical (unpaired) electrons. The second-order valence-corrected chi connectivity index (χ2v) is 7.21. The van der Waals surface area contributed by atoms with Crippen LogP contribution >= 0.6 is 0 Å². The van der Waals surface area contributed by atoms with Gasteiger partial charge in [0.05, 0.1) is 12.3 Å². The van der Waals surface area contributed by atoms with Crippen LogP contribution in [-0.2, 0) is 19.4 Å². The van der Waals surface area contributed by atoms with E-state index in [9.17, 15) is 18.0 Å².